The predicted molar refractivity (Wildman–Crippen MR) is 108 cm³/mol. The molecule has 0 aromatic heterocycles. The Bertz CT molecular complexity index is 825. The van der Waals surface area contributed by atoms with Crippen molar-refractivity contribution in [2.75, 3.05) is 25.1 Å². The van der Waals surface area contributed by atoms with Crippen LogP contribution in [0.25, 0.3) is 0 Å². The van der Waals surface area contributed by atoms with Crippen molar-refractivity contribution in [2.24, 2.45) is 5.92 Å². The topological polar surface area (TPSA) is 114 Å². The minimum atomic E-state index is -0.930. The third-order valence-corrected chi connectivity index (χ3v) is 5.60. The van der Waals surface area contributed by atoms with Crippen LogP contribution in [-0.4, -0.2) is 54.0 Å². The molecule has 1 heterocycles. The summed E-state index contributed by atoms with van der Waals surface area (Å²) in [6.45, 7) is 3.31. The first-order chi connectivity index (χ1) is 14.4. The smallest absolute Gasteiger partial charge is 0.326 e. The number of esters is 1. The van der Waals surface area contributed by atoms with Crippen molar-refractivity contribution < 1.29 is 28.7 Å². The normalized spacial score (nSPS) is 23.3. The summed E-state index contributed by atoms with van der Waals surface area (Å²) in [5.74, 6) is -1.05. The van der Waals surface area contributed by atoms with Crippen molar-refractivity contribution in [1.82, 2.24) is 10.2 Å². The minimum absolute atomic E-state index is 0.00335. The Morgan fingerprint density at radius 1 is 1.23 bits per heavy atom. The van der Waals surface area contributed by atoms with Gasteiger partial charge in [-0.25, -0.2) is 4.79 Å². The lowest BCUT2D eigenvalue weighted by molar-refractivity contribution is -0.150. The number of urea groups is 1. The predicted octanol–water partition coefficient (Wildman–Crippen LogP) is 2.07. The van der Waals surface area contributed by atoms with Gasteiger partial charge in [-0.3, -0.25) is 19.3 Å². The third kappa shape index (κ3) is 4.55. The number of rotatable bonds is 7. The lowest BCUT2D eigenvalue weighted by Gasteiger charge is -2.36. The van der Waals surface area contributed by atoms with Crippen molar-refractivity contribution in [1.29, 1.82) is 0 Å². The van der Waals surface area contributed by atoms with E-state index in [0.29, 0.717) is 24.5 Å². The first kappa shape index (κ1) is 21.6. The first-order valence-corrected chi connectivity index (χ1v) is 10.2. The highest BCUT2D eigenvalue weighted by atomic mass is 16.5. The molecule has 1 saturated carbocycles. The second-order valence-corrected chi connectivity index (χ2v) is 7.61. The second kappa shape index (κ2) is 9.15. The van der Waals surface area contributed by atoms with Crippen molar-refractivity contribution in [3.05, 3.63) is 24.3 Å². The summed E-state index contributed by atoms with van der Waals surface area (Å²) in [4.78, 5) is 50.1. The molecule has 1 aromatic carbocycles. The van der Waals surface area contributed by atoms with E-state index in [-0.39, 0.29) is 5.92 Å². The third-order valence-electron chi connectivity index (χ3n) is 5.60. The summed E-state index contributed by atoms with van der Waals surface area (Å²) in [5, 5.41) is 5.37. The Hall–Kier alpha value is -3.10. The van der Waals surface area contributed by atoms with Crippen LogP contribution in [0.15, 0.2) is 24.3 Å². The molecular weight excluding hydrogens is 390 g/mol. The molecule has 2 aliphatic rings. The number of nitrogens with zero attached hydrogens (tertiary/aromatic N) is 1. The van der Waals surface area contributed by atoms with E-state index in [9.17, 15) is 19.2 Å². The first-order valence-electron chi connectivity index (χ1n) is 10.2. The standard InChI is InChI=1S/C21H27N3O6/c1-3-29-16-9-7-15(8-10-16)22-17(25)13-30-18(26)12-24-19(27)21(23-20(24)28)11-5-4-6-14(21)2/h7-10,14H,3-6,11-13H2,1-2H3,(H,22,25)(H,23,28)/t14-,21+/m1/s1. The molecule has 1 aromatic rings. The van der Waals surface area contributed by atoms with E-state index in [1.165, 1.54) is 0 Å². The molecule has 1 aliphatic heterocycles. The molecule has 9 heteroatoms. The molecule has 162 valence electrons. The average Bonchev–Trinajstić information content (AvgIpc) is 2.95. The Labute approximate surface area is 175 Å². The average molecular weight is 417 g/mol. The fourth-order valence-electron chi connectivity index (χ4n) is 3.96. The Morgan fingerprint density at radius 3 is 2.63 bits per heavy atom. The van der Waals surface area contributed by atoms with Crippen molar-refractivity contribution in [3.8, 4) is 5.75 Å². The van der Waals surface area contributed by atoms with E-state index in [1.54, 1.807) is 24.3 Å². The summed E-state index contributed by atoms with van der Waals surface area (Å²) in [5.41, 5.74) is -0.400. The summed E-state index contributed by atoms with van der Waals surface area (Å²) < 4.78 is 10.3. The summed E-state index contributed by atoms with van der Waals surface area (Å²) in [6.07, 6.45) is 3.27. The van der Waals surface area contributed by atoms with Crippen molar-refractivity contribution >= 4 is 29.5 Å². The van der Waals surface area contributed by atoms with Crippen LogP contribution in [0.1, 0.15) is 39.5 Å². The van der Waals surface area contributed by atoms with Gasteiger partial charge in [0, 0.05) is 5.69 Å². The number of amides is 4. The van der Waals surface area contributed by atoms with Crippen molar-refractivity contribution in [3.63, 3.8) is 0 Å². The number of imide groups is 1. The van der Waals surface area contributed by atoms with Gasteiger partial charge in [0.15, 0.2) is 6.61 Å². The molecule has 1 saturated heterocycles. The van der Waals surface area contributed by atoms with Gasteiger partial charge in [-0.1, -0.05) is 19.8 Å². The van der Waals surface area contributed by atoms with Gasteiger partial charge in [0.2, 0.25) is 0 Å². The number of ether oxygens (including phenoxy) is 2. The fraction of sp³-hybridized carbons (Fsp3) is 0.524. The SMILES string of the molecule is CCOc1ccc(NC(=O)COC(=O)CN2C(=O)N[C@]3(CCCC[C@H]3C)C2=O)cc1. The van der Waals surface area contributed by atoms with Gasteiger partial charge >= 0.3 is 12.0 Å². The van der Waals surface area contributed by atoms with Crippen LogP contribution >= 0.6 is 0 Å². The minimum Gasteiger partial charge on any atom is -0.494 e. The number of carbonyl (C=O) groups excluding carboxylic acids is 4. The number of benzene rings is 1. The molecule has 4 amide bonds. The maximum Gasteiger partial charge on any atom is 0.326 e. The van der Waals surface area contributed by atoms with Crippen molar-refractivity contribution in [2.45, 2.75) is 45.1 Å². The van der Waals surface area contributed by atoms with Crippen LogP contribution < -0.4 is 15.4 Å². The van der Waals surface area contributed by atoms with Gasteiger partial charge in [-0.05, 0) is 49.9 Å². The maximum absolute atomic E-state index is 12.8. The van der Waals surface area contributed by atoms with Gasteiger partial charge in [-0.2, -0.15) is 0 Å². The molecule has 2 N–H and O–H groups in total. The molecule has 0 bridgehead atoms. The van der Waals surface area contributed by atoms with Gasteiger partial charge in [0.05, 0.1) is 6.61 Å². The molecule has 0 radical (unpaired) electrons. The van der Waals surface area contributed by atoms with Gasteiger partial charge in [0.25, 0.3) is 11.8 Å². The van der Waals surface area contributed by atoms with E-state index in [1.807, 2.05) is 13.8 Å². The summed E-state index contributed by atoms with van der Waals surface area (Å²) >= 11 is 0. The van der Waals surface area contributed by atoms with Gasteiger partial charge in [-0.15, -0.1) is 0 Å². The van der Waals surface area contributed by atoms with E-state index in [0.717, 1.165) is 24.2 Å². The van der Waals surface area contributed by atoms with Crippen LogP contribution in [0.2, 0.25) is 0 Å². The van der Waals surface area contributed by atoms with Crippen LogP contribution in [-0.2, 0) is 19.1 Å². The number of anilines is 1. The van der Waals surface area contributed by atoms with E-state index in [2.05, 4.69) is 10.6 Å². The summed E-state index contributed by atoms with van der Waals surface area (Å²) in [7, 11) is 0. The monoisotopic (exact) mass is 417 g/mol. The number of carbonyl (C=O) groups is 4. The van der Waals surface area contributed by atoms with E-state index in [4.69, 9.17) is 9.47 Å². The van der Waals surface area contributed by atoms with Crippen LogP contribution in [0.4, 0.5) is 10.5 Å². The van der Waals surface area contributed by atoms with Crippen LogP contribution in [0.5, 0.6) is 5.75 Å². The van der Waals surface area contributed by atoms with Gasteiger partial charge in [0.1, 0.15) is 17.8 Å². The number of hydrogen-bond acceptors (Lipinski definition) is 6. The Balaban J connectivity index is 1.49. The zero-order valence-corrected chi connectivity index (χ0v) is 17.2. The van der Waals surface area contributed by atoms with Gasteiger partial charge < -0.3 is 20.1 Å². The number of nitrogens with one attached hydrogen (secondary N) is 2. The molecule has 1 spiro atoms. The molecule has 9 nitrogen and oxygen atoms in total. The molecular formula is C21H27N3O6. The lowest BCUT2D eigenvalue weighted by Crippen LogP contribution is -2.54. The van der Waals surface area contributed by atoms with Crippen LogP contribution in [0, 0.1) is 5.92 Å². The molecule has 1 aliphatic carbocycles. The number of hydrogen-bond donors (Lipinski definition) is 2. The molecule has 30 heavy (non-hydrogen) atoms. The molecule has 2 fully saturated rings. The Kier molecular flexibility index (Phi) is 6.59. The highest BCUT2D eigenvalue weighted by Crippen LogP contribution is 2.38. The Morgan fingerprint density at radius 2 is 1.97 bits per heavy atom. The van der Waals surface area contributed by atoms with Crippen LogP contribution in [0.3, 0.4) is 0 Å². The summed E-state index contributed by atoms with van der Waals surface area (Å²) in [6, 6.07) is 6.17. The zero-order valence-electron chi connectivity index (χ0n) is 17.2. The van der Waals surface area contributed by atoms with E-state index >= 15 is 0 Å². The highest BCUT2D eigenvalue weighted by Gasteiger charge is 2.55. The maximum atomic E-state index is 12.8. The largest absolute Gasteiger partial charge is 0.494 e. The highest BCUT2D eigenvalue weighted by molar-refractivity contribution is 6.09. The second-order valence-electron chi connectivity index (χ2n) is 7.61. The van der Waals surface area contributed by atoms with E-state index < -0.39 is 42.5 Å². The fourth-order valence-corrected chi connectivity index (χ4v) is 3.96. The zero-order chi connectivity index (χ0) is 21.7. The molecule has 2 atom stereocenters. The molecule has 0 unspecified atom stereocenters. The lowest BCUT2D eigenvalue weighted by atomic mass is 9.73. The quantitative estimate of drug-likeness (QED) is 0.519. The molecule has 3 rings (SSSR count).